The number of hydrogen-bond acceptors (Lipinski definition) is 4. The summed E-state index contributed by atoms with van der Waals surface area (Å²) in [6, 6.07) is 6.47. The number of imide groups is 1. The van der Waals surface area contributed by atoms with E-state index < -0.39 is 0 Å². The normalized spacial score (nSPS) is 21.8. The van der Waals surface area contributed by atoms with Gasteiger partial charge in [-0.15, -0.1) is 12.4 Å². The van der Waals surface area contributed by atoms with Crippen molar-refractivity contribution in [2.24, 2.45) is 10.7 Å². The van der Waals surface area contributed by atoms with E-state index in [1.807, 2.05) is 0 Å². The average Bonchev–Trinajstić information content (AvgIpc) is 2.64. The Hall–Kier alpha value is -1.88. The van der Waals surface area contributed by atoms with Crippen LogP contribution in [0, 0.1) is 0 Å². The topological polar surface area (TPSA) is 75.8 Å². The minimum absolute atomic E-state index is 0. The van der Waals surface area contributed by atoms with E-state index in [9.17, 15) is 9.59 Å². The molecule has 1 aromatic carbocycles. The number of carbonyl (C=O) groups excluding carboxylic acids is 2. The first-order valence-electron chi connectivity index (χ1n) is 5.97. The Labute approximate surface area is 116 Å². The Kier molecular flexibility index (Phi) is 3.57. The molecular formula is C13H14ClN3O2. The third-order valence-corrected chi connectivity index (χ3v) is 3.41. The molecule has 5 nitrogen and oxygen atoms in total. The van der Waals surface area contributed by atoms with Gasteiger partial charge in [0, 0.05) is 6.54 Å². The minimum atomic E-state index is -0.383. The number of nitrogens with two attached hydrogens (primary N) is 1. The van der Waals surface area contributed by atoms with Crippen molar-refractivity contribution < 1.29 is 9.59 Å². The van der Waals surface area contributed by atoms with Crippen LogP contribution in [0.4, 0.5) is 0 Å². The average molecular weight is 280 g/mol. The van der Waals surface area contributed by atoms with Crippen molar-refractivity contribution in [2.75, 3.05) is 6.54 Å². The zero-order valence-corrected chi connectivity index (χ0v) is 11.0. The SMILES string of the molecule is Cl.NC1=NCCCC1N1C(=O)c2ccccc2C1=O. The molecule has 1 unspecified atom stereocenters. The molecule has 0 bridgehead atoms. The van der Waals surface area contributed by atoms with Crippen LogP contribution in [0.1, 0.15) is 33.6 Å². The predicted molar refractivity (Wildman–Crippen MR) is 73.7 cm³/mol. The third kappa shape index (κ3) is 2.00. The number of amidine groups is 1. The molecule has 2 amide bonds. The molecule has 0 spiro atoms. The van der Waals surface area contributed by atoms with Gasteiger partial charge in [-0.25, -0.2) is 0 Å². The number of amides is 2. The van der Waals surface area contributed by atoms with E-state index in [0.29, 0.717) is 29.9 Å². The van der Waals surface area contributed by atoms with Crippen molar-refractivity contribution >= 4 is 30.1 Å². The highest BCUT2D eigenvalue weighted by molar-refractivity contribution is 6.23. The molecule has 2 heterocycles. The van der Waals surface area contributed by atoms with Crippen LogP contribution in [0.2, 0.25) is 0 Å². The first-order valence-corrected chi connectivity index (χ1v) is 5.97. The lowest BCUT2D eigenvalue weighted by Gasteiger charge is -2.28. The summed E-state index contributed by atoms with van der Waals surface area (Å²) in [7, 11) is 0. The van der Waals surface area contributed by atoms with E-state index in [1.54, 1.807) is 24.3 Å². The largest absolute Gasteiger partial charge is 0.386 e. The van der Waals surface area contributed by atoms with Crippen molar-refractivity contribution in [3.8, 4) is 0 Å². The van der Waals surface area contributed by atoms with Gasteiger partial charge in [-0.1, -0.05) is 12.1 Å². The molecule has 2 aliphatic rings. The first-order chi connectivity index (χ1) is 8.70. The lowest BCUT2D eigenvalue weighted by atomic mass is 10.1. The fourth-order valence-corrected chi connectivity index (χ4v) is 2.50. The molecule has 1 atom stereocenters. The number of rotatable bonds is 1. The van der Waals surface area contributed by atoms with E-state index in [2.05, 4.69) is 4.99 Å². The van der Waals surface area contributed by atoms with Crippen LogP contribution in [0.5, 0.6) is 0 Å². The molecule has 0 radical (unpaired) electrons. The van der Waals surface area contributed by atoms with Crippen LogP contribution < -0.4 is 5.73 Å². The fourth-order valence-electron chi connectivity index (χ4n) is 2.50. The first kappa shape index (κ1) is 13.5. The van der Waals surface area contributed by atoms with Crippen LogP contribution >= 0.6 is 12.4 Å². The van der Waals surface area contributed by atoms with Gasteiger partial charge in [0.05, 0.1) is 17.2 Å². The monoisotopic (exact) mass is 279 g/mol. The highest BCUT2D eigenvalue weighted by Gasteiger charge is 2.41. The summed E-state index contributed by atoms with van der Waals surface area (Å²) >= 11 is 0. The maximum atomic E-state index is 12.2. The zero-order chi connectivity index (χ0) is 12.7. The molecule has 0 fully saturated rings. The van der Waals surface area contributed by atoms with E-state index in [-0.39, 0.29) is 30.3 Å². The maximum Gasteiger partial charge on any atom is 0.262 e. The lowest BCUT2D eigenvalue weighted by Crippen LogP contribution is -2.49. The number of carbonyl (C=O) groups is 2. The van der Waals surface area contributed by atoms with Crippen LogP contribution in [-0.4, -0.2) is 35.1 Å². The number of hydrogen-bond donors (Lipinski definition) is 1. The zero-order valence-electron chi connectivity index (χ0n) is 10.2. The molecule has 1 aromatic rings. The van der Waals surface area contributed by atoms with E-state index in [0.717, 1.165) is 6.42 Å². The second kappa shape index (κ2) is 5.01. The van der Waals surface area contributed by atoms with E-state index >= 15 is 0 Å². The van der Waals surface area contributed by atoms with Crippen molar-refractivity contribution in [1.82, 2.24) is 4.90 Å². The van der Waals surface area contributed by atoms with Crippen LogP contribution in [0.15, 0.2) is 29.3 Å². The molecule has 0 saturated heterocycles. The number of aliphatic imine (C=N–C) groups is 1. The summed E-state index contributed by atoms with van der Waals surface area (Å²) in [5, 5.41) is 0. The lowest BCUT2D eigenvalue weighted by molar-refractivity contribution is 0.0616. The second-order valence-electron chi connectivity index (χ2n) is 4.49. The van der Waals surface area contributed by atoms with Gasteiger partial charge in [0.2, 0.25) is 0 Å². The van der Waals surface area contributed by atoms with Gasteiger partial charge < -0.3 is 5.73 Å². The minimum Gasteiger partial charge on any atom is -0.386 e. The number of benzene rings is 1. The summed E-state index contributed by atoms with van der Waals surface area (Å²) < 4.78 is 0. The molecule has 2 N–H and O–H groups in total. The van der Waals surface area contributed by atoms with E-state index in [1.165, 1.54) is 4.90 Å². The fraction of sp³-hybridized carbons (Fsp3) is 0.308. The molecular weight excluding hydrogens is 266 g/mol. The van der Waals surface area contributed by atoms with Gasteiger partial charge in [0.25, 0.3) is 11.8 Å². The third-order valence-electron chi connectivity index (χ3n) is 3.41. The quantitative estimate of drug-likeness (QED) is 0.786. The summed E-state index contributed by atoms with van der Waals surface area (Å²) in [5.74, 6) is -0.142. The van der Waals surface area contributed by atoms with Crippen LogP contribution in [-0.2, 0) is 0 Å². The van der Waals surface area contributed by atoms with Crippen molar-refractivity contribution in [3.05, 3.63) is 35.4 Å². The van der Waals surface area contributed by atoms with Gasteiger partial charge >= 0.3 is 0 Å². The predicted octanol–water partition coefficient (Wildman–Crippen LogP) is 1.22. The van der Waals surface area contributed by atoms with Crippen molar-refractivity contribution in [3.63, 3.8) is 0 Å². The molecule has 0 saturated carbocycles. The van der Waals surface area contributed by atoms with Gasteiger partial charge in [0.15, 0.2) is 0 Å². The molecule has 6 heteroatoms. The Morgan fingerprint density at radius 3 is 2.26 bits per heavy atom. The molecule has 3 rings (SSSR count). The molecule has 0 aliphatic carbocycles. The van der Waals surface area contributed by atoms with Crippen molar-refractivity contribution in [2.45, 2.75) is 18.9 Å². The van der Waals surface area contributed by atoms with Crippen LogP contribution in [0.25, 0.3) is 0 Å². The molecule has 19 heavy (non-hydrogen) atoms. The number of nitrogens with zero attached hydrogens (tertiary/aromatic N) is 2. The highest BCUT2D eigenvalue weighted by atomic mass is 35.5. The van der Waals surface area contributed by atoms with Gasteiger partial charge in [0.1, 0.15) is 5.84 Å². The number of fused-ring (bicyclic) bond motifs is 1. The van der Waals surface area contributed by atoms with Gasteiger partial charge in [-0.05, 0) is 25.0 Å². The Balaban J connectivity index is 0.00000133. The summed E-state index contributed by atoms with van der Waals surface area (Å²) in [6.45, 7) is 0.672. The van der Waals surface area contributed by atoms with E-state index in [4.69, 9.17) is 5.73 Å². The standard InChI is InChI=1S/C13H13N3O2.ClH/c14-11-10(6-3-7-15-11)16-12(17)8-4-1-2-5-9(8)13(16)18;/h1-2,4-5,10H,3,6-7H2,(H2,14,15);1H. The highest BCUT2D eigenvalue weighted by Crippen LogP contribution is 2.26. The van der Waals surface area contributed by atoms with Crippen molar-refractivity contribution in [1.29, 1.82) is 0 Å². The molecule has 2 aliphatic heterocycles. The Morgan fingerprint density at radius 2 is 1.74 bits per heavy atom. The molecule has 100 valence electrons. The Morgan fingerprint density at radius 1 is 1.16 bits per heavy atom. The second-order valence-corrected chi connectivity index (χ2v) is 4.49. The maximum absolute atomic E-state index is 12.2. The number of halogens is 1. The Bertz CT molecular complexity index is 536. The van der Waals surface area contributed by atoms with Crippen LogP contribution in [0.3, 0.4) is 0 Å². The summed E-state index contributed by atoms with van der Waals surface area (Å²) in [6.07, 6.45) is 1.54. The summed E-state index contributed by atoms with van der Waals surface area (Å²) in [5.41, 5.74) is 6.74. The molecule has 0 aromatic heterocycles. The smallest absolute Gasteiger partial charge is 0.262 e. The van der Waals surface area contributed by atoms with Gasteiger partial charge in [-0.2, -0.15) is 0 Å². The summed E-state index contributed by atoms with van der Waals surface area (Å²) in [4.78, 5) is 29.9. The van der Waals surface area contributed by atoms with Gasteiger partial charge in [-0.3, -0.25) is 19.5 Å².